The van der Waals surface area contributed by atoms with Crippen molar-refractivity contribution in [1.29, 1.82) is 0 Å². The lowest BCUT2D eigenvalue weighted by Gasteiger charge is -2.36. The van der Waals surface area contributed by atoms with Crippen molar-refractivity contribution in [2.75, 3.05) is 26.2 Å². The Bertz CT molecular complexity index is 403. The van der Waals surface area contributed by atoms with Crippen molar-refractivity contribution in [3.05, 3.63) is 35.4 Å². The van der Waals surface area contributed by atoms with Crippen molar-refractivity contribution >= 4 is 12.4 Å². The smallest absolute Gasteiger partial charge is 0.314 e. The molecule has 1 atom stereocenters. The van der Waals surface area contributed by atoms with Gasteiger partial charge in [0.05, 0.1) is 0 Å². The maximum absolute atomic E-state index is 13.3. The van der Waals surface area contributed by atoms with Gasteiger partial charge in [-0.25, -0.2) is 0 Å². The fraction of sp³-hybridized carbons (Fsp3) is 0.538. The van der Waals surface area contributed by atoms with E-state index in [9.17, 15) is 13.2 Å². The first kappa shape index (κ1) is 16.3. The van der Waals surface area contributed by atoms with Crippen molar-refractivity contribution in [1.82, 2.24) is 10.2 Å². The molecule has 1 aromatic rings. The van der Waals surface area contributed by atoms with Crippen LogP contribution in [0.3, 0.4) is 0 Å². The molecule has 0 aromatic heterocycles. The molecule has 1 aromatic carbocycles. The van der Waals surface area contributed by atoms with Gasteiger partial charge in [0.1, 0.15) is 6.04 Å². The van der Waals surface area contributed by atoms with Crippen molar-refractivity contribution in [3.8, 4) is 0 Å². The normalized spacial score (nSPS) is 18.7. The van der Waals surface area contributed by atoms with Gasteiger partial charge >= 0.3 is 6.18 Å². The highest BCUT2D eigenvalue weighted by molar-refractivity contribution is 5.85. The van der Waals surface area contributed by atoms with Crippen LogP contribution in [0, 0.1) is 6.92 Å². The van der Waals surface area contributed by atoms with E-state index in [1.54, 1.807) is 18.2 Å². The Morgan fingerprint density at radius 1 is 1.21 bits per heavy atom. The fourth-order valence-corrected chi connectivity index (χ4v) is 2.39. The molecule has 2 nitrogen and oxygen atoms in total. The minimum Gasteiger partial charge on any atom is -0.314 e. The molecular formula is C13H18ClF3N2. The Kier molecular flexibility index (Phi) is 5.64. The summed E-state index contributed by atoms with van der Waals surface area (Å²) < 4.78 is 39.8. The highest BCUT2D eigenvalue weighted by Gasteiger charge is 2.44. The molecule has 0 spiro atoms. The van der Waals surface area contributed by atoms with Gasteiger partial charge in [-0.3, -0.25) is 4.90 Å². The summed E-state index contributed by atoms with van der Waals surface area (Å²) in [6.45, 7) is 3.89. The summed E-state index contributed by atoms with van der Waals surface area (Å²) in [7, 11) is 0. The summed E-state index contributed by atoms with van der Waals surface area (Å²) in [5, 5.41) is 3.07. The molecule has 0 aliphatic carbocycles. The largest absolute Gasteiger partial charge is 0.408 e. The number of benzene rings is 1. The van der Waals surface area contributed by atoms with Gasteiger partial charge in [0.2, 0.25) is 0 Å². The average molecular weight is 295 g/mol. The molecule has 1 saturated heterocycles. The fourth-order valence-electron chi connectivity index (χ4n) is 2.39. The van der Waals surface area contributed by atoms with Crippen LogP contribution in [0.5, 0.6) is 0 Å². The lowest BCUT2D eigenvalue weighted by Crippen LogP contribution is -2.49. The summed E-state index contributed by atoms with van der Waals surface area (Å²) in [6, 6.07) is 5.20. The Morgan fingerprint density at radius 3 is 2.37 bits per heavy atom. The van der Waals surface area contributed by atoms with E-state index in [4.69, 9.17) is 0 Å². The second kappa shape index (κ2) is 6.59. The van der Waals surface area contributed by atoms with Crippen molar-refractivity contribution < 1.29 is 13.2 Å². The molecule has 1 fully saturated rings. The van der Waals surface area contributed by atoms with Crippen LogP contribution in [-0.2, 0) is 0 Å². The van der Waals surface area contributed by atoms with Crippen LogP contribution in [-0.4, -0.2) is 37.3 Å². The molecule has 0 amide bonds. The van der Waals surface area contributed by atoms with Gasteiger partial charge in [-0.05, 0) is 12.5 Å². The predicted octanol–water partition coefficient (Wildman–Crippen LogP) is 2.93. The monoisotopic (exact) mass is 294 g/mol. The summed E-state index contributed by atoms with van der Waals surface area (Å²) >= 11 is 0. The van der Waals surface area contributed by atoms with E-state index in [2.05, 4.69) is 5.32 Å². The maximum Gasteiger partial charge on any atom is 0.408 e. The van der Waals surface area contributed by atoms with Crippen LogP contribution in [0.25, 0.3) is 0 Å². The first-order chi connectivity index (χ1) is 8.48. The molecule has 1 N–H and O–H groups in total. The molecular weight excluding hydrogens is 277 g/mol. The third kappa shape index (κ3) is 4.09. The quantitative estimate of drug-likeness (QED) is 0.902. The standard InChI is InChI=1S/C13H17F3N2.ClH/c1-10-3-2-4-11(9-10)12(13(14,15)16)18-7-5-17-6-8-18;/h2-4,9,12,17H,5-8H2,1H3;1H/t12-;/m0./s1. The highest BCUT2D eigenvalue weighted by Crippen LogP contribution is 2.37. The zero-order chi connectivity index (χ0) is 13.2. The number of nitrogens with one attached hydrogen (secondary N) is 1. The minimum atomic E-state index is -4.23. The van der Waals surface area contributed by atoms with Crippen LogP contribution >= 0.6 is 12.4 Å². The number of hydrogen-bond donors (Lipinski definition) is 1. The molecule has 1 aliphatic heterocycles. The third-order valence-electron chi connectivity index (χ3n) is 3.18. The van der Waals surface area contributed by atoms with E-state index >= 15 is 0 Å². The Labute approximate surface area is 117 Å². The number of halogens is 4. The maximum atomic E-state index is 13.3. The Morgan fingerprint density at radius 2 is 1.84 bits per heavy atom. The Balaban J connectivity index is 0.00000180. The molecule has 0 bridgehead atoms. The molecule has 6 heteroatoms. The van der Waals surface area contributed by atoms with Crippen LogP contribution in [0.4, 0.5) is 13.2 Å². The SMILES string of the molecule is Cc1cccc([C@H](N2CCNCC2)C(F)(F)F)c1.Cl. The van der Waals surface area contributed by atoms with Crippen molar-refractivity contribution in [2.45, 2.75) is 19.1 Å². The van der Waals surface area contributed by atoms with Crippen LogP contribution in [0.2, 0.25) is 0 Å². The highest BCUT2D eigenvalue weighted by atomic mass is 35.5. The molecule has 0 unspecified atom stereocenters. The predicted molar refractivity (Wildman–Crippen MR) is 71.7 cm³/mol. The van der Waals surface area contributed by atoms with Gasteiger partial charge in [0.15, 0.2) is 0 Å². The molecule has 0 saturated carbocycles. The number of alkyl halides is 3. The summed E-state index contributed by atoms with van der Waals surface area (Å²) in [5.41, 5.74) is 1.20. The second-order valence-corrected chi connectivity index (χ2v) is 4.64. The summed E-state index contributed by atoms with van der Waals surface area (Å²) in [5.74, 6) is 0. The second-order valence-electron chi connectivity index (χ2n) is 4.64. The number of nitrogens with zero attached hydrogens (tertiary/aromatic N) is 1. The van der Waals surface area contributed by atoms with Crippen LogP contribution in [0.1, 0.15) is 17.2 Å². The minimum absolute atomic E-state index is 0. The van der Waals surface area contributed by atoms with Gasteiger partial charge < -0.3 is 5.32 Å². The molecule has 0 radical (unpaired) electrons. The number of rotatable bonds is 2. The number of piperazine rings is 1. The molecule has 2 rings (SSSR count). The third-order valence-corrected chi connectivity index (χ3v) is 3.18. The van der Waals surface area contributed by atoms with E-state index in [0.29, 0.717) is 31.7 Å². The van der Waals surface area contributed by atoms with E-state index in [-0.39, 0.29) is 12.4 Å². The topological polar surface area (TPSA) is 15.3 Å². The van der Waals surface area contributed by atoms with E-state index in [1.165, 1.54) is 4.90 Å². The van der Waals surface area contributed by atoms with Crippen LogP contribution in [0.15, 0.2) is 24.3 Å². The summed E-state index contributed by atoms with van der Waals surface area (Å²) in [6.07, 6.45) is -4.23. The zero-order valence-electron chi connectivity index (χ0n) is 10.7. The van der Waals surface area contributed by atoms with Gasteiger partial charge in [-0.1, -0.05) is 29.8 Å². The van der Waals surface area contributed by atoms with Gasteiger partial charge in [-0.15, -0.1) is 12.4 Å². The van der Waals surface area contributed by atoms with Crippen LogP contribution < -0.4 is 5.32 Å². The van der Waals surface area contributed by atoms with Gasteiger partial charge in [0, 0.05) is 26.2 Å². The van der Waals surface area contributed by atoms with Crippen molar-refractivity contribution in [3.63, 3.8) is 0 Å². The first-order valence-corrected chi connectivity index (χ1v) is 6.06. The Hall–Kier alpha value is -0.780. The number of aryl methyl sites for hydroxylation is 1. The average Bonchev–Trinajstić information content (AvgIpc) is 2.28. The zero-order valence-corrected chi connectivity index (χ0v) is 11.5. The first-order valence-electron chi connectivity index (χ1n) is 6.06. The van der Waals surface area contributed by atoms with E-state index in [1.807, 2.05) is 13.0 Å². The van der Waals surface area contributed by atoms with E-state index in [0.717, 1.165) is 5.56 Å². The van der Waals surface area contributed by atoms with Crippen molar-refractivity contribution in [2.24, 2.45) is 0 Å². The number of hydrogen-bond acceptors (Lipinski definition) is 2. The molecule has 19 heavy (non-hydrogen) atoms. The lowest BCUT2D eigenvalue weighted by molar-refractivity contribution is -0.187. The van der Waals surface area contributed by atoms with Gasteiger partial charge in [0.25, 0.3) is 0 Å². The van der Waals surface area contributed by atoms with E-state index < -0.39 is 12.2 Å². The lowest BCUT2D eigenvalue weighted by atomic mass is 10.0. The van der Waals surface area contributed by atoms with Gasteiger partial charge in [-0.2, -0.15) is 13.2 Å². The molecule has 1 heterocycles. The molecule has 108 valence electrons. The molecule has 1 aliphatic rings. The summed E-state index contributed by atoms with van der Waals surface area (Å²) in [4.78, 5) is 1.51.